The van der Waals surface area contributed by atoms with Gasteiger partial charge in [0.2, 0.25) is 5.91 Å². The maximum absolute atomic E-state index is 12.8. The zero-order valence-corrected chi connectivity index (χ0v) is 18.3. The van der Waals surface area contributed by atoms with Crippen molar-refractivity contribution in [1.29, 1.82) is 0 Å². The molecule has 2 N–H and O–H groups in total. The molecule has 0 radical (unpaired) electrons. The van der Waals surface area contributed by atoms with Crippen molar-refractivity contribution in [3.63, 3.8) is 0 Å². The van der Waals surface area contributed by atoms with E-state index in [9.17, 15) is 4.79 Å². The summed E-state index contributed by atoms with van der Waals surface area (Å²) >= 11 is 1.78. The van der Waals surface area contributed by atoms with E-state index in [0.29, 0.717) is 11.9 Å². The number of nitrogens with zero attached hydrogens (tertiary/aromatic N) is 3. The molecule has 0 bridgehead atoms. The Bertz CT molecular complexity index is 639. The van der Waals surface area contributed by atoms with E-state index < -0.39 is 0 Å². The molecule has 2 unspecified atom stereocenters. The number of thiophene rings is 1. The van der Waals surface area contributed by atoms with Gasteiger partial charge in [-0.2, -0.15) is 0 Å². The fraction of sp³-hybridized carbons (Fsp3) is 0.714. The second kappa shape index (κ2) is 10.3. The summed E-state index contributed by atoms with van der Waals surface area (Å²) in [7, 11) is 6.02. The molecule has 2 aliphatic rings. The van der Waals surface area contributed by atoms with Crippen molar-refractivity contribution < 1.29 is 4.79 Å². The van der Waals surface area contributed by atoms with Gasteiger partial charge in [0.1, 0.15) is 0 Å². The van der Waals surface area contributed by atoms with Crippen LogP contribution in [0, 0.1) is 5.92 Å². The first-order valence-corrected chi connectivity index (χ1v) is 11.4. The summed E-state index contributed by atoms with van der Waals surface area (Å²) in [6.07, 6.45) is 6.84. The molecule has 1 saturated heterocycles. The third-order valence-electron chi connectivity index (χ3n) is 5.98. The van der Waals surface area contributed by atoms with Gasteiger partial charge in [-0.05, 0) is 44.8 Å². The quantitative estimate of drug-likeness (QED) is 0.564. The molecule has 2 fully saturated rings. The first kappa shape index (κ1) is 21.1. The second-order valence-electron chi connectivity index (χ2n) is 8.20. The molecule has 0 aromatic carbocycles. The predicted octanol–water partition coefficient (Wildman–Crippen LogP) is 2.70. The first-order valence-electron chi connectivity index (χ1n) is 10.5. The fourth-order valence-electron chi connectivity index (χ4n) is 4.29. The number of nitrogens with one attached hydrogen (secondary N) is 2. The Kier molecular flexibility index (Phi) is 7.73. The van der Waals surface area contributed by atoms with E-state index in [1.165, 1.54) is 24.1 Å². The van der Waals surface area contributed by atoms with Gasteiger partial charge >= 0.3 is 0 Å². The number of hydrogen-bond donors (Lipinski definition) is 2. The van der Waals surface area contributed by atoms with Gasteiger partial charge in [0, 0.05) is 43.5 Å². The van der Waals surface area contributed by atoms with Crippen molar-refractivity contribution in [1.82, 2.24) is 20.4 Å². The number of likely N-dealkylation sites (tertiary alicyclic amines) is 1. The topological polar surface area (TPSA) is 60.0 Å². The molecule has 156 valence electrons. The molecule has 3 rings (SSSR count). The maximum Gasteiger partial charge on any atom is 0.225 e. The summed E-state index contributed by atoms with van der Waals surface area (Å²) in [6, 6.07) is 4.86. The zero-order chi connectivity index (χ0) is 19.9. The highest BCUT2D eigenvalue weighted by atomic mass is 32.1. The van der Waals surface area contributed by atoms with Crippen molar-refractivity contribution in [2.75, 3.05) is 40.8 Å². The van der Waals surface area contributed by atoms with Crippen LogP contribution in [0.3, 0.4) is 0 Å². The van der Waals surface area contributed by atoms with E-state index in [2.05, 4.69) is 57.0 Å². The molecule has 0 spiro atoms. The van der Waals surface area contributed by atoms with Crippen LogP contribution in [0.5, 0.6) is 0 Å². The van der Waals surface area contributed by atoms with Crippen molar-refractivity contribution in [2.24, 2.45) is 10.9 Å². The van der Waals surface area contributed by atoms with Crippen LogP contribution in [0.25, 0.3) is 0 Å². The fourth-order valence-corrected chi connectivity index (χ4v) is 5.21. The molecular formula is C21H35N5OS. The molecular weight excluding hydrogens is 370 g/mol. The van der Waals surface area contributed by atoms with Gasteiger partial charge in [-0.25, -0.2) is 0 Å². The number of hydrogen-bond acceptors (Lipinski definition) is 4. The number of amides is 1. The molecule has 1 aliphatic carbocycles. The Balaban J connectivity index is 1.48. The highest BCUT2D eigenvalue weighted by Gasteiger charge is 2.31. The van der Waals surface area contributed by atoms with Crippen molar-refractivity contribution in [2.45, 2.75) is 50.6 Å². The summed E-state index contributed by atoms with van der Waals surface area (Å²) in [6.45, 7) is 2.45. The van der Waals surface area contributed by atoms with Gasteiger partial charge in [0.15, 0.2) is 5.96 Å². The maximum atomic E-state index is 12.8. The molecule has 1 aliphatic heterocycles. The van der Waals surface area contributed by atoms with E-state index in [0.717, 1.165) is 44.9 Å². The standard InChI is InChI=1S/C21H35N5OS/c1-22-21(23-14-18(25(2)3)19-10-7-13-28-19)24-17-11-12-26(15-17)20(27)16-8-5-4-6-9-16/h7,10,13,16-18H,4-6,8-9,11-12,14-15H2,1-3H3,(H2,22,23,24). The van der Waals surface area contributed by atoms with Crippen LogP contribution in [0.4, 0.5) is 0 Å². The zero-order valence-electron chi connectivity index (χ0n) is 17.5. The third-order valence-corrected chi connectivity index (χ3v) is 6.95. The van der Waals surface area contributed by atoms with Crippen LogP contribution in [-0.2, 0) is 4.79 Å². The smallest absolute Gasteiger partial charge is 0.225 e. The number of carbonyl (C=O) groups is 1. The molecule has 7 heteroatoms. The van der Waals surface area contributed by atoms with Crippen LogP contribution in [-0.4, -0.2) is 68.5 Å². The first-order chi connectivity index (χ1) is 13.6. The van der Waals surface area contributed by atoms with E-state index in [4.69, 9.17) is 0 Å². The van der Waals surface area contributed by atoms with Gasteiger partial charge in [-0.1, -0.05) is 25.3 Å². The Morgan fingerprint density at radius 1 is 1.32 bits per heavy atom. The molecule has 1 amide bonds. The van der Waals surface area contributed by atoms with Crippen LogP contribution < -0.4 is 10.6 Å². The summed E-state index contributed by atoms with van der Waals surface area (Å²) in [4.78, 5) is 22.8. The van der Waals surface area contributed by atoms with E-state index >= 15 is 0 Å². The third kappa shape index (κ3) is 5.47. The molecule has 1 saturated carbocycles. The Labute approximate surface area is 173 Å². The lowest BCUT2D eigenvalue weighted by atomic mass is 9.88. The van der Waals surface area contributed by atoms with Crippen LogP contribution in [0.2, 0.25) is 0 Å². The number of carbonyl (C=O) groups excluding carboxylic acids is 1. The summed E-state index contributed by atoms with van der Waals surface area (Å²) in [5, 5.41) is 9.12. The highest BCUT2D eigenvalue weighted by molar-refractivity contribution is 7.10. The van der Waals surface area contributed by atoms with Gasteiger partial charge in [-0.3, -0.25) is 9.79 Å². The molecule has 2 heterocycles. The van der Waals surface area contributed by atoms with Crippen LogP contribution >= 0.6 is 11.3 Å². The van der Waals surface area contributed by atoms with Crippen molar-refractivity contribution >= 4 is 23.2 Å². The minimum absolute atomic E-state index is 0.261. The number of guanidine groups is 1. The van der Waals surface area contributed by atoms with Gasteiger partial charge in [0.25, 0.3) is 0 Å². The average Bonchev–Trinajstić information content (AvgIpc) is 3.39. The molecule has 1 aromatic rings. The van der Waals surface area contributed by atoms with Crippen molar-refractivity contribution in [3.8, 4) is 0 Å². The summed E-state index contributed by atoms with van der Waals surface area (Å²) in [5.41, 5.74) is 0. The molecule has 1 aromatic heterocycles. The Hall–Kier alpha value is -1.60. The number of rotatable bonds is 6. The van der Waals surface area contributed by atoms with Crippen LogP contribution in [0.1, 0.15) is 49.4 Å². The number of aliphatic imine (C=N–C) groups is 1. The average molecular weight is 406 g/mol. The lowest BCUT2D eigenvalue weighted by molar-refractivity contribution is -0.135. The molecule has 28 heavy (non-hydrogen) atoms. The summed E-state index contributed by atoms with van der Waals surface area (Å²) in [5.74, 6) is 1.45. The minimum atomic E-state index is 0.261. The van der Waals surface area contributed by atoms with Gasteiger partial charge in [0.05, 0.1) is 6.04 Å². The van der Waals surface area contributed by atoms with Gasteiger partial charge < -0.3 is 20.4 Å². The number of likely N-dealkylation sites (N-methyl/N-ethyl adjacent to an activating group) is 1. The normalized spacial score (nSPS) is 22.5. The lowest BCUT2D eigenvalue weighted by Crippen LogP contribution is -2.47. The lowest BCUT2D eigenvalue weighted by Gasteiger charge is -2.27. The SMILES string of the molecule is CN=C(NCC(c1cccs1)N(C)C)NC1CCN(C(=O)C2CCCCC2)C1. The monoisotopic (exact) mass is 405 g/mol. The molecule has 6 nitrogen and oxygen atoms in total. The highest BCUT2D eigenvalue weighted by Crippen LogP contribution is 2.27. The van der Waals surface area contributed by atoms with E-state index in [1.54, 1.807) is 11.3 Å². The molecule has 2 atom stereocenters. The van der Waals surface area contributed by atoms with E-state index in [1.807, 2.05) is 7.05 Å². The second-order valence-corrected chi connectivity index (χ2v) is 9.18. The Morgan fingerprint density at radius 2 is 2.11 bits per heavy atom. The summed E-state index contributed by atoms with van der Waals surface area (Å²) < 4.78 is 0. The predicted molar refractivity (Wildman–Crippen MR) is 117 cm³/mol. The minimum Gasteiger partial charge on any atom is -0.354 e. The Morgan fingerprint density at radius 3 is 2.75 bits per heavy atom. The van der Waals surface area contributed by atoms with E-state index in [-0.39, 0.29) is 12.0 Å². The van der Waals surface area contributed by atoms with Crippen molar-refractivity contribution in [3.05, 3.63) is 22.4 Å². The van der Waals surface area contributed by atoms with Crippen LogP contribution in [0.15, 0.2) is 22.5 Å². The van der Waals surface area contributed by atoms with Gasteiger partial charge in [-0.15, -0.1) is 11.3 Å². The largest absolute Gasteiger partial charge is 0.354 e.